The second-order valence-electron chi connectivity index (χ2n) is 3.01. The van der Waals surface area contributed by atoms with Gasteiger partial charge in [0, 0.05) is 18.6 Å². The summed E-state index contributed by atoms with van der Waals surface area (Å²) < 4.78 is 25.6. The molecule has 1 aromatic carbocycles. The van der Waals surface area contributed by atoms with E-state index >= 15 is 0 Å². The van der Waals surface area contributed by atoms with E-state index in [9.17, 15) is 8.78 Å². The fraction of sp³-hybridized carbons (Fsp3) is 0.222. The van der Waals surface area contributed by atoms with Crippen molar-refractivity contribution in [2.75, 3.05) is 6.54 Å². The van der Waals surface area contributed by atoms with Crippen LogP contribution < -0.4 is 5.73 Å². The second-order valence-corrected chi connectivity index (χ2v) is 3.01. The van der Waals surface area contributed by atoms with Gasteiger partial charge in [0.1, 0.15) is 5.82 Å². The summed E-state index contributed by atoms with van der Waals surface area (Å²) in [4.78, 5) is 6.93. The first kappa shape index (κ1) is 9.08. The lowest BCUT2D eigenvalue weighted by Gasteiger charge is -1.90. The molecule has 5 heteroatoms. The summed E-state index contributed by atoms with van der Waals surface area (Å²) >= 11 is 0. The Morgan fingerprint density at radius 1 is 1.29 bits per heavy atom. The Labute approximate surface area is 78.9 Å². The zero-order valence-corrected chi connectivity index (χ0v) is 7.35. The van der Waals surface area contributed by atoms with Gasteiger partial charge >= 0.3 is 0 Å². The average Bonchev–Trinajstić information content (AvgIpc) is 2.48. The van der Waals surface area contributed by atoms with Crippen molar-refractivity contribution in [3.63, 3.8) is 0 Å². The van der Waals surface area contributed by atoms with Gasteiger partial charge < -0.3 is 10.7 Å². The molecule has 3 N–H and O–H groups in total. The quantitative estimate of drug-likeness (QED) is 0.763. The number of nitrogens with two attached hydrogens (primary N) is 1. The van der Waals surface area contributed by atoms with Crippen LogP contribution in [0.15, 0.2) is 12.1 Å². The number of hydrogen-bond acceptors (Lipinski definition) is 2. The molecular weight excluding hydrogens is 188 g/mol. The maximum Gasteiger partial charge on any atom is 0.161 e. The summed E-state index contributed by atoms with van der Waals surface area (Å²) in [7, 11) is 0. The van der Waals surface area contributed by atoms with Crippen molar-refractivity contribution in [1.29, 1.82) is 0 Å². The molecule has 0 unspecified atom stereocenters. The molecule has 0 aliphatic carbocycles. The predicted octanol–water partition coefficient (Wildman–Crippen LogP) is 1.34. The fourth-order valence-corrected chi connectivity index (χ4v) is 1.31. The number of hydrogen-bond donors (Lipinski definition) is 2. The van der Waals surface area contributed by atoms with Crippen molar-refractivity contribution in [2.45, 2.75) is 6.42 Å². The highest BCUT2D eigenvalue weighted by Gasteiger charge is 2.07. The van der Waals surface area contributed by atoms with Gasteiger partial charge in [-0.15, -0.1) is 0 Å². The third-order valence-electron chi connectivity index (χ3n) is 1.95. The number of aromatic nitrogens is 2. The molecule has 74 valence electrons. The van der Waals surface area contributed by atoms with Crippen LogP contribution >= 0.6 is 0 Å². The SMILES string of the molecule is NCCc1nc2cc(F)c(F)cc2[nH]1. The van der Waals surface area contributed by atoms with Crippen LogP contribution in [0.2, 0.25) is 0 Å². The zero-order valence-electron chi connectivity index (χ0n) is 7.35. The van der Waals surface area contributed by atoms with Crippen LogP contribution in [0.1, 0.15) is 5.82 Å². The molecule has 0 amide bonds. The molecule has 0 bridgehead atoms. The Kier molecular flexibility index (Phi) is 2.17. The van der Waals surface area contributed by atoms with E-state index < -0.39 is 11.6 Å². The van der Waals surface area contributed by atoms with Crippen molar-refractivity contribution >= 4 is 11.0 Å². The predicted molar refractivity (Wildman–Crippen MR) is 48.8 cm³/mol. The summed E-state index contributed by atoms with van der Waals surface area (Å²) in [5.74, 6) is -1.11. The monoisotopic (exact) mass is 197 g/mol. The van der Waals surface area contributed by atoms with Gasteiger partial charge in [0.2, 0.25) is 0 Å². The summed E-state index contributed by atoms with van der Waals surface area (Å²) in [6.45, 7) is 0.449. The van der Waals surface area contributed by atoms with E-state index in [0.29, 0.717) is 29.8 Å². The van der Waals surface area contributed by atoms with E-state index in [2.05, 4.69) is 9.97 Å². The smallest absolute Gasteiger partial charge is 0.161 e. The highest BCUT2D eigenvalue weighted by atomic mass is 19.2. The van der Waals surface area contributed by atoms with E-state index in [4.69, 9.17) is 5.73 Å². The lowest BCUT2D eigenvalue weighted by atomic mass is 10.3. The minimum Gasteiger partial charge on any atom is -0.342 e. The topological polar surface area (TPSA) is 54.7 Å². The van der Waals surface area contributed by atoms with Gasteiger partial charge in [-0.05, 0) is 6.54 Å². The van der Waals surface area contributed by atoms with Crippen LogP contribution in [0.25, 0.3) is 11.0 Å². The molecule has 0 radical (unpaired) electrons. The molecule has 2 aromatic rings. The number of nitrogens with zero attached hydrogens (tertiary/aromatic N) is 1. The number of fused-ring (bicyclic) bond motifs is 1. The van der Waals surface area contributed by atoms with Crippen LogP contribution in [-0.2, 0) is 6.42 Å². The molecule has 0 saturated heterocycles. The molecule has 0 aliphatic rings. The highest BCUT2D eigenvalue weighted by molar-refractivity contribution is 5.75. The van der Waals surface area contributed by atoms with Crippen LogP contribution in [-0.4, -0.2) is 16.5 Å². The van der Waals surface area contributed by atoms with Crippen molar-refractivity contribution in [3.8, 4) is 0 Å². The molecule has 2 rings (SSSR count). The third kappa shape index (κ3) is 1.46. The Hall–Kier alpha value is -1.49. The Balaban J connectivity index is 2.54. The molecule has 1 aromatic heterocycles. The number of aromatic amines is 1. The summed E-state index contributed by atoms with van der Waals surface area (Å²) in [5.41, 5.74) is 6.25. The molecule has 0 fully saturated rings. The number of rotatable bonds is 2. The van der Waals surface area contributed by atoms with Crippen molar-refractivity contribution in [2.24, 2.45) is 5.73 Å². The minimum atomic E-state index is -0.886. The van der Waals surface area contributed by atoms with Crippen LogP contribution in [0.3, 0.4) is 0 Å². The van der Waals surface area contributed by atoms with E-state index in [1.165, 1.54) is 0 Å². The molecule has 0 aliphatic heterocycles. The summed E-state index contributed by atoms with van der Waals surface area (Å²) in [5, 5.41) is 0. The lowest BCUT2D eigenvalue weighted by molar-refractivity contribution is 0.510. The number of H-pyrrole nitrogens is 1. The number of nitrogens with one attached hydrogen (secondary N) is 1. The molecule has 0 saturated carbocycles. The Morgan fingerprint density at radius 2 is 2.00 bits per heavy atom. The molecule has 14 heavy (non-hydrogen) atoms. The molecular formula is C9H9F2N3. The number of benzene rings is 1. The van der Waals surface area contributed by atoms with E-state index in [1.54, 1.807) is 0 Å². The van der Waals surface area contributed by atoms with Gasteiger partial charge in [-0.25, -0.2) is 13.8 Å². The number of halogens is 2. The zero-order chi connectivity index (χ0) is 10.1. The van der Waals surface area contributed by atoms with Crippen LogP contribution in [0, 0.1) is 11.6 Å². The van der Waals surface area contributed by atoms with Gasteiger partial charge in [0.15, 0.2) is 11.6 Å². The molecule has 0 spiro atoms. The average molecular weight is 197 g/mol. The first-order valence-electron chi connectivity index (χ1n) is 4.24. The maximum absolute atomic E-state index is 12.8. The fourth-order valence-electron chi connectivity index (χ4n) is 1.31. The minimum absolute atomic E-state index is 0.423. The van der Waals surface area contributed by atoms with Gasteiger partial charge in [-0.1, -0.05) is 0 Å². The van der Waals surface area contributed by atoms with Gasteiger partial charge in [0.25, 0.3) is 0 Å². The highest BCUT2D eigenvalue weighted by Crippen LogP contribution is 2.16. The molecule has 1 heterocycles. The van der Waals surface area contributed by atoms with Crippen LogP contribution in [0.4, 0.5) is 8.78 Å². The summed E-state index contributed by atoms with van der Waals surface area (Å²) in [6.07, 6.45) is 0.567. The van der Waals surface area contributed by atoms with E-state index in [1.807, 2.05) is 0 Å². The maximum atomic E-state index is 12.8. The lowest BCUT2D eigenvalue weighted by Crippen LogP contribution is -2.03. The molecule has 3 nitrogen and oxygen atoms in total. The van der Waals surface area contributed by atoms with Crippen LogP contribution in [0.5, 0.6) is 0 Å². The largest absolute Gasteiger partial charge is 0.342 e. The normalized spacial score (nSPS) is 11.1. The molecule has 0 atom stereocenters. The van der Waals surface area contributed by atoms with Gasteiger partial charge in [0.05, 0.1) is 11.0 Å². The van der Waals surface area contributed by atoms with Crippen molar-refractivity contribution in [1.82, 2.24) is 9.97 Å². The number of imidazole rings is 1. The van der Waals surface area contributed by atoms with E-state index in [-0.39, 0.29) is 0 Å². The van der Waals surface area contributed by atoms with Gasteiger partial charge in [-0.2, -0.15) is 0 Å². The van der Waals surface area contributed by atoms with Crippen molar-refractivity contribution < 1.29 is 8.78 Å². The third-order valence-corrected chi connectivity index (χ3v) is 1.95. The van der Waals surface area contributed by atoms with E-state index in [0.717, 1.165) is 12.1 Å². The Bertz CT molecular complexity index is 425. The first-order chi connectivity index (χ1) is 6.70. The summed E-state index contributed by atoms with van der Waals surface area (Å²) in [6, 6.07) is 2.17. The van der Waals surface area contributed by atoms with Gasteiger partial charge in [-0.3, -0.25) is 0 Å². The Morgan fingerprint density at radius 3 is 2.71 bits per heavy atom. The standard InChI is InChI=1S/C9H9F2N3/c10-5-3-7-8(4-6(5)11)14-9(13-7)1-2-12/h3-4H,1-2,12H2,(H,13,14). The van der Waals surface area contributed by atoms with Crippen molar-refractivity contribution in [3.05, 3.63) is 29.6 Å². The second kappa shape index (κ2) is 3.34. The first-order valence-corrected chi connectivity index (χ1v) is 4.24.